The summed E-state index contributed by atoms with van der Waals surface area (Å²) < 4.78 is 28.0. The Kier molecular flexibility index (Phi) is 7.29. The van der Waals surface area contributed by atoms with Crippen molar-refractivity contribution in [3.63, 3.8) is 0 Å². The number of likely N-dealkylation sites (tertiary alicyclic amines) is 1. The van der Waals surface area contributed by atoms with Gasteiger partial charge in [0.25, 0.3) is 15.9 Å². The fourth-order valence-electron chi connectivity index (χ4n) is 3.60. The van der Waals surface area contributed by atoms with Crippen molar-refractivity contribution in [3.8, 4) is 0 Å². The first-order valence-electron chi connectivity index (χ1n) is 9.78. The molecule has 1 aliphatic rings. The molecule has 6 nitrogen and oxygen atoms in total. The van der Waals surface area contributed by atoms with Gasteiger partial charge < -0.3 is 9.80 Å². The molecule has 1 aliphatic heterocycles. The third kappa shape index (κ3) is 5.27. The topological polar surface area (TPSA) is 69.7 Å². The summed E-state index contributed by atoms with van der Waals surface area (Å²) in [4.78, 5) is 17.0. The first kappa shape index (κ1) is 22.9. The van der Waals surface area contributed by atoms with Crippen molar-refractivity contribution in [2.75, 3.05) is 31.4 Å². The van der Waals surface area contributed by atoms with Crippen LogP contribution in [0.5, 0.6) is 0 Å². The quantitative estimate of drug-likeness (QED) is 0.682. The van der Waals surface area contributed by atoms with Crippen LogP contribution >= 0.6 is 23.2 Å². The Labute approximate surface area is 187 Å². The minimum absolute atomic E-state index is 0.0669. The summed E-state index contributed by atoms with van der Waals surface area (Å²) in [6.07, 6.45) is 1.85. The maximum Gasteiger partial charge on any atom is 0.263 e. The number of carbonyl (C=O) groups is 1. The van der Waals surface area contributed by atoms with Crippen LogP contribution in [0.4, 0.5) is 5.69 Å². The standard InChI is InChI=1S/C21H25Cl2N3O3S/c1-3-26-11-9-18(10-12-26)25(2)21(27)15-5-4-6-17(13-15)24-30(28,29)20-14-16(22)7-8-19(20)23/h4-8,13-14,18,24H,3,9-12H2,1-2H3. The summed E-state index contributed by atoms with van der Waals surface area (Å²) in [7, 11) is -2.15. The first-order valence-corrected chi connectivity index (χ1v) is 12.0. The summed E-state index contributed by atoms with van der Waals surface area (Å²) >= 11 is 12.0. The van der Waals surface area contributed by atoms with Crippen LogP contribution in [0.3, 0.4) is 0 Å². The molecule has 1 saturated heterocycles. The number of halogens is 2. The second-order valence-corrected chi connectivity index (χ2v) is 9.84. The van der Waals surface area contributed by atoms with E-state index in [9.17, 15) is 13.2 Å². The Hall–Kier alpha value is -1.80. The molecule has 1 heterocycles. The Morgan fingerprint density at radius 3 is 2.53 bits per heavy atom. The van der Waals surface area contributed by atoms with Crippen LogP contribution in [0.1, 0.15) is 30.1 Å². The zero-order valence-corrected chi connectivity index (χ0v) is 19.3. The molecule has 1 N–H and O–H groups in total. The lowest BCUT2D eigenvalue weighted by Gasteiger charge is -2.36. The van der Waals surface area contributed by atoms with Crippen molar-refractivity contribution in [3.05, 3.63) is 58.1 Å². The highest BCUT2D eigenvalue weighted by Crippen LogP contribution is 2.27. The smallest absolute Gasteiger partial charge is 0.263 e. The molecule has 1 amide bonds. The molecular formula is C21H25Cl2N3O3S. The number of hydrogen-bond acceptors (Lipinski definition) is 4. The highest BCUT2D eigenvalue weighted by atomic mass is 35.5. The predicted octanol–water partition coefficient (Wildman–Crippen LogP) is 4.35. The molecule has 0 aliphatic carbocycles. The second kappa shape index (κ2) is 9.56. The third-order valence-corrected chi connectivity index (χ3v) is 7.51. The summed E-state index contributed by atoms with van der Waals surface area (Å²) in [6.45, 7) is 5.10. The molecule has 0 atom stereocenters. The predicted molar refractivity (Wildman–Crippen MR) is 121 cm³/mol. The van der Waals surface area contributed by atoms with E-state index in [1.807, 2.05) is 0 Å². The number of nitrogens with zero attached hydrogens (tertiary/aromatic N) is 2. The van der Waals surface area contributed by atoms with Gasteiger partial charge in [-0.1, -0.05) is 36.2 Å². The van der Waals surface area contributed by atoms with Gasteiger partial charge >= 0.3 is 0 Å². The van der Waals surface area contributed by atoms with E-state index in [2.05, 4.69) is 16.5 Å². The minimum Gasteiger partial charge on any atom is -0.339 e. The molecule has 30 heavy (non-hydrogen) atoms. The second-order valence-electron chi connectivity index (χ2n) is 7.34. The van der Waals surface area contributed by atoms with Crippen molar-refractivity contribution in [1.29, 1.82) is 0 Å². The van der Waals surface area contributed by atoms with Crippen molar-refractivity contribution < 1.29 is 13.2 Å². The van der Waals surface area contributed by atoms with E-state index < -0.39 is 10.0 Å². The van der Waals surface area contributed by atoms with E-state index in [1.54, 1.807) is 30.1 Å². The largest absolute Gasteiger partial charge is 0.339 e. The molecule has 0 bridgehead atoms. The number of anilines is 1. The minimum atomic E-state index is -3.96. The van der Waals surface area contributed by atoms with Gasteiger partial charge in [0.05, 0.1) is 5.02 Å². The maximum absolute atomic E-state index is 13.0. The van der Waals surface area contributed by atoms with E-state index >= 15 is 0 Å². The van der Waals surface area contributed by atoms with E-state index in [4.69, 9.17) is 23.2 Å². The van der Waals surface area contributed by atoms with Crippen LogP contribution in [0, 0.1) is 0 Å². The van der Waals surface area contributed by atoms with E-state index in [1.165, 1.54) is 24.3 Å². The lowest BCUT2D eigenvalue weighted by molar-refractivity contribution is 0.0647. The molecule has 3 rings (SSSR count). The Morgan fingerprint density at radius 1 is 1.17 bits per heavy atom. The average molecular weight is 470 g/mol. The normalized spacial score (nSPS) is 15.7. The van der Waals surface area contributed by atoms with Gasteiger partial charge in [-0.05, 0) is 55.8 Å². The molecular weight excluding hydrogens is 445 g/mol. The molecule has 0 radical (unpaired) electrons. The summed E-state index contributed by atoms with van der Waals surface area (Å²) in [5.41, 5.74) is 0.707. The van der Waals surface area contributed by atoms with Crippen molar-refractivity contribution in [1.82, 2.24) is 9.80 Å². The maximum atomic E-state index is 13.0. The van der Waals surface area contributed by atoms with Crippen LogP contribution in [0.15, 0.2) is 47.4 Å². The SMILES string of the molecule is CCN1CCC(N(C)C(=O)c2cccc(NS(=O)(=O)c3cc(Cl)ccc3Cl)c2)CC1. The average Bonchev–Trinajstić information content (AvgIpc) is 2.74. The molecule has 0 saturated carbocycles. The lowest BCUT2D eigenvalue weighted by atomic mass is 10.0. The first-order chi connectivity index (χ1) is 14.2. The summed E-state index contributed by atoms with van der Waals surface area (Å²) in [5, 5.41) is 0.330. The van der Waals surface area contributed by atoms with Gasteiger partial charge in [0.2, 0.25) is 0 Å². The van der Waals surface area contributed by atoms with Gasteiger partial charge in [0.15, 0.2) is 0 Å². The molecule has 0 spiro atoms. The van der Waals surface area contributed by atoms with E-state index in [0.29, 0.717) is 5.56 Å². The number of sulfonamides is 1. The number of amides is 1. The number of nitrogens with one attached hydrogen (secondary N) is 1. The molecule has 2 aromatic rings. The third-order valence-electron chi connectivity index (χ3n) is 5.42. The van der Waals surface area contributed by atoms with Crippen LogP contribution in [-0.4, -0.2) is 56.8 Å². The fraction of sp³-hybridized carbons (Fsp3) is 0.381. The molecule has 2 aromatic carbocycles. The number of benzene rings is 2. The van der Waals surface area contributed by atoms with Crippen LogP contribution < -0.4 is 4.72 Å². The Balaban J connectivity index is 1.76. The zero-order valence-electron chi connectivity index (χ0n) is 16.9. The van der Waals surface area contributed by atoms with Gasteiger partial charge in [-0.25, -0.2) is 8.42 Å². The van der Waals surface area contributed by atoms with Gasteiger partial charge in [-0.3, -0.25) is 9.52 Å². The van der Waals surface area contributed by atoms with E-state index in [0.717, 1.165) is 32.5 Å². The summed E-state index contributed by atoms with van der Waals surface area (Å²) in [6, 6.07) is 10.9. The van der Waals surface area contributed by atoms with Crippen molar-refractivity contribution in [2.45, 2.75) is 30.7 Å². The highest BCUT2D eigenvalue weighted by molar-refractivity contribution is 7.92. The lowest BCUT2D eigenvalue weighted by Crippen LogP contribution is -2.45. The molecule has 162 valence electrons. The summed E-state index contributed by atoms with van der Waals surface area (Å²) in [5.74, 6) is -0.133. The Morgan fingerprint density at radius 2 is 1.87 bits per heavy atom. The van der Waals surface area contributed by atoms with Gasteiger partial charge in [-0.15, -0.1) is 0 Å². The van der Waals surface area contributed by atoms with Crippen molar-refractivity contribution in [2.24, 2.45) is 0 Å². The highest BCUT2D eigenvalue weighted by Gasteiger charge is 2.26. The monoisotopic (exact) mass is 469 g/mol. The van der Waals surface area contributed by atoms with Crippen LogP contribution in [0.2, 0.25) is 10.0 Å². The molecule has 9 heteroatoms. The molecule has 1 fully saturated rings. The Bertz CT molecular complexity index is 1020. The van der Waals surface area contributed by atoms with E-state index in [-0.39, 0.29) is 32.6 Å². The number of rotatable bonds is 6. The van der Waals surface area contributed by atoms with Gasteiger partial charge in [0.1, 0.15) is 4.90 Å². The fourth-order valence-corrected chi connectivity index (χ4v) is 5.41. The number of piperidine rings is 1. The molecule has 0 aromatic heterocycles. The van der Waals surface area contributed by atoms with Crippen LogP contribution in [0.25, 0.3) is 0 Å². The van der Waals surface area contributed by atoms with Crippen molar-refractivity contribution >= 4 is 44.8 Å². The molecule has 0 unspecified atom stereocenters. The van der Waals surface area contributed by atoms with Gasteiger partial charge in [-0.2, -0.15) is 0 Å². The zero-order chi connectivity index (χ0) is 21.9. The number of carbonyl (C=O) groups excluding carboxylic acids is 1. The number of hydrogen-bond donors (Lipinski definition) is 1. The van der Waals surface area contributed by atoms with Gasteiger partial charge in [0, 0.05) is 42.5 Å². The van der Waals surface area contributed by atoms with Crippen LogP contribution in [-0.2, 0) is 10.0 Å².